The zero-order valence-corrected chi connectivity index (χ0v) is 17.3. The molecule has 1 amide bonds. The van der Waals surface area contributed by atoms with Crippen LogP contribution in [-0.4, -0.2) is 35.3 Å². The molecule has 7 nitrogen and oxygen atoms in total. The Hall–Kier alpha value is -3.26. The molecule has 8 heteroatoms. The molecular weight excluding hydrogens is 402 g/mol. The van der Waals surface area contributed by atoms with Gasteiger partial charge in [0.2, 0.25) is 12.7 Å². The summed E-state index contributed by atoms with van der Waals surface area (Å²) in [5.41, 5.74) is 2.69. The number of rotatable bonds is 8. The fraction of sp³-hybridized carbons (Fsp3) is 0.227. The number of carbonyl (C=O) groups excluding carboxylic acids is 1. The quantitative estimate of drug-likeness (QED) is 0.554. The molecule has 0 radical (unpaired) electrons. The minimum absolute atomic E-state index is 0.0740. The van der Waals surface area contributed by atoms with E-state index in [1.54, 1.807) is 0 Å². The Balaban J connectivity index is 1.26. The molecule has 0 atom stereocenters. The van der Waals surface area contributed by atoms with Crippen LogP contribution in [0.2, 0.25) is 0 Å². The number of hydrogen-bond acceptors (Lipinski definition) is 7. The lowest BCUT2D eigenvalue weighted by molar-refractivity contribution is -0.118. The molecule has 1 aliphatic heterocycles. The molecule has 30 heavy (non-hydrogen) atoms. The van der Waals surface area contributed by atoms with Gasteiger partial charge < -0.3 is 19.5 Å². The Labute approximate surface area is 178 Å². The van der Waals surface area contributed by atoms with Crippen molar-refractivity contribution in [3.8, 4) is 28.5 Å². The van der Waals surface area contributed by atoms with Gasteiger partial charge in [0.15, 0.2) is 11.5 Å². The van der Waals surface area contributed by atoms with E-state index in [0.717, 1.165) is 28.3 Å². The van der Waals surface area contributed by atoms with Crippen molar-refractivity contribution in [2.24, 2.45) is 0 Å². The van der Waals surface area contributed by atoms with E-state index in [1.807, 2.05) is 61.5 Å². The highest BCUT2D eigenvalue weighted by molar-refractivity contribution is 7.99. The molecule has 0 aliphatic carbocycles. The van der Waals surface area contributed by atoms with Crippen LogP contribution in [0.3, 0.4) is 0 Å². The summed E-state index contributed by atoms with van der Waals surface area (Å²) >= 11 is 1.35. The third kappa shape index (κ3) is 5.01. The van der Waals surface area contributed by atoms with Gasteiger partial charge in [-0.25, -0.2) is 0 Å². The van der Waals surface area contributed by atoms with Crippen LogP contribution in [0.1, 0.15) is 12.5 Å². The number of aromatic nitrogens is 2. The third-order valence-corrected chi connectivity index (χ3v) is 5.30. The van der Waals surface area contributed by atoms with Crippen LogP contribution >= 0.6 is 11.8 Å². The molecule has 1 aliphatic rings. The first-order valence-electron chi connectivity index (χ1n) is 9.56. The van der Waals surface area contributed by atoms with Crippen LogP contribution in [0, 0.1) is 0 Å². The zero-order chi connectivity index (χ0) is 20.8. The summed E-state index contributed by atoms with van der Waals surface area (Å²) in [6.07, 6.45) is 0. The molecule has 2 aromatic carbocycles. The molecule has 0 fully saturated rings. The molecule has 154 valence electrons. The lowest BCUT2D eigenvalue weighted by Gasteiger charge is -2.07. The lowest BCUT2D eigenvalue weighted by atomic mass is 10.1. The normalized spacial score (nSPS) is 11.9. The van der Waals surface area contributed by atoms with Crippen LogP contribution in [0.4, 0.5) is 0 Å². The summed E-state index contributed by atoms with van der Waals surface area (Å²) in [6, 6.07) is 17.1. The average Bonchev–Trinajstić information content (AvgIpc) is 3.25. The van der Waals surface area contributed by atoms with Crippen molar-refractivity contribution in [2.75, 3.05) is 19.2 Å². The third-order valence-electron chi connectivity index (χ3n) is 4.38. The maximum Gasteiger partial charge on any atom is 0.231 e. The summed E-state index contributed by atoms with van der Waals surface area (Å²) in [5.74, 6) is 2.46. The van der Waals surface area contributed by atoms with E-state index in [-0.39, 0.29) is 18.5 Å². The van der Waals surface area contributed by atoms with Gasteiger partial charge >= 0.3 is 0 Å². The largest absolute Gasteiger partial charge is 0.494 e. The number of benzene rings is 2. The number of thioether (sulfide) groups is 1. The van der Waals surface area contributed by atoms with Gasteiger partial charge in [0.25, 0.3) is 0 Å². The number of amides is 1. The van der Waals surface area contributed by atoms with Crippen LogP contribution < -0.4 is 19.5 Å². The van der Waals surface area contributed by atoms with Gasteiger partial charge in [-0.05, 0) is 61.0 Å². The molecule has 0 saturated carbocycles. The zero-order valence-electron chi connectivity index (χ0n) is 16.5. The number of carbonyl (C=O) groups is 1. The predicted molar refractivity (Wildman–Crippen MR) is 114 cm³/mol. The van der Waals surface area contributed by atoms with Crippen molar-refractivity contribution in [1.29, 1.82) is 0 Å². The minimum Gasteiger partial charge on any atom is -0.494 e. The van der Waals surface area contributed by atoms with Crippen molar-refractivity contribution in [1.82, 2.24) is 15.5 Å². The number of ether oxygens (including phenoxy) is 3. The van der Waals surface area contributed by atoms with Gasteiger partial charge in [0, 0.05) is 12.1 Å². The Morgan fingerprint density at radius 1 is 1.07 bits per heavy atom. The van der Waals surface area contributed by atoms with Gasteiger partial charge in [-0.2, -0.15) is 0 Å². The minimum atomic E-state index is -0.0740. The monoisotopic (exact) mass is 423 g/mol. The Kier molecular flexibility index (Phi) is 6.34. The fourth-order valence-electron chi connectivity index (χ4n) is 2.88. The molecular formula is C22H21N3O4S. The maximum atomic E-state index is 12.1. The van der Waals surface area contributed by atoms with E-state index in [2.05, 4.69) is 15.5 Å². The fourth-order valence-corrected chi connectivity index (χ4v) is 3.53. The summed E-state index contributed by atoms with van der Waals surface area (Å²) in [5, 5.41) is 12.1. The Morgan fingerprint density at radius 2 is 1.90 bits per heavy atom. The Bertz CT molecular complexity index is 1010. The first-order valence-corrected chi connectivity index (χ1v) is 10.5. The molecule has 1 N–H and O–H groups in total. The molecule has 1 aromatic heterocycles. The standard InChI is InChI=1S/C22H21N3O4S/c1-2-27-17-6-4-16(5-7-17)18-8-10-22(25-24-18)30-13-21(26)23-12-15-3-9-19-20(11-15)29-14-28-19/h3-11H,2,12-14H2,1H3,(H,23,26). The lowest BCUT2D eigenvalue weighted by Crippen LogP contribution is -2.24. The summed E-state index contributed by atoms with van der Waals surface area (Å²) < 4.78 is 16.1. The van der Waals surface area contributed by atoms with E-state index in [9.17, 15) is 4.79 Å². The topological polar surface area (TPSA) is 82.6 Å². The van der Waals surface area contributed by atoms with Crippen molar-refractivity contribution < 1.29 is 19.0 Å². The second-order valence-corrected chi connectivity index (χ2v) is 7.46. The SMILES string of the molecule is CCOc1ccc(-c2ccc(SCC(=O)NCc3ccc4c(c3)OCO4)nn2)cc1. The molecule has 4 rings (SSSR count). The van der Waals surface area contributed by atoms with E-state index in [1.165, 1.54) is 11.8 Å². The molecule has 2 heterocycles. The number of fused-ring (bicyclic) bond motifs is 1. The van der Waals surface area contributed by atoms with E-state index in [0.29, 0.717) is 23.9 Å². The Morgan fingerprint density at radius 3 is 2.67 bits per heavy atom. The van der Waals surface area contributed by atoms with Crippen LogP contribution in [0.5, 0.6) is 17.2 Å². The van der Waals surface area contributed by atoms with Crippen LogP contribution in [0.15, 0.2) is 59.6 Å². The predicted octanol–water partition coefficient (Wildman–Crippen LogP) is 3.68. The van der Waals surface area contributed by atoms with Gasteiger partial charge in [-0.15, -0.1) is 10.2 Å². The smallest absolute Gasteiger partial charge is 0.231 e. The first kappa shape index (κ1) is 20.0. The summed E-state index contributed by atoms with van der Waals surface area (Å²) in [4.78, 5) is 12.1. The maximum absolute atomic E-state index is 12.1. The van der Waals surface area contributed by atoms with Crippen LogP contribution in [0.25, 0.3) is 11.3 Å². The number of nitrogens with one attached hydrogen (secondary N) is 1. The molecule has 0 bridgehead atoms. The van der Waals surface area contributed by atoms with Crippen molar-refractivity contribution in [2.45, 2.75) is 18.5 Å². The highest BCUT2D eigenvalue weighted by atomic mass is 32.2. The summed E-state index contributed by atoms with van der Waals surface area (Å²) in [6.45, 7) is 3.25. The van der Waals surface area contributed by atoms with Gasteiger partial charge in [-0.1, -0.05) is 17.8 Å². The van der Waals surface area contributed by atoms with Crippen molar-refractivity contribution in [3.05, 3.63) is 60.2 Å². The first-order chi connectivity index (χ1) is 14.7. The molecule has 3 aromatic rings. The van der Waals surface area contributed by atoms with Gasteiger partial charge in [0.1, 0.15) is 10.8 Å². The highest BCUT2D eigenvalue weighted by Crippen LogP contribution is 2.32. The van der Waals surface area contributed by atoms with Crippen molar-refractivity contribution >= 4 is 17.7 Å². The van der Waals surface area contributed by atoms with E-state index < -0.39 is 0 Å². The number of nitrogens with zero attached hydrogens (tertiary/aromatic N) is 2. The van der Waals surface area contributed by atoms with Crippen molar-refractivity contribution in [3.63, 3.8) is 0 Å². The second-order valence-electron chi connectivity index (χ2n) is 6.47. The van der Waals surface area contributed by atoms with Gasteiger partial charge in [-0.3, -0.25) is 4.79 Å². The van der Waals surface area contributed by atoms with E-state index in [4.69, 9.17) is 14.2 Å². The van der Waals surface area contributed by atoms with Gasteiger partial charge in [0.05, 0.1) is 18.1 Å². The molecule has 0 spiro atoms. The summed E-state index contributed by atoms with van der Waals surface area (Å²) in [7, 11) is 0. The highest BCUT2D eigenvalue weighted by Gasteiger charge is 2.13. The van der Waals surface area contributed by atoms with Crippen LogP contribution in [-0.2, 0) is 11.3 Å². The average molecular weight is 423 g/mol. The second kappa shape index (κ2) is 9.49. The van der Waals surface area contributed by atoms with E-state index >= 15 is 0 Å². The molecule has 0 unspecified atom stereocenters. The number of hydrogen-bond donors (Lipinski definition) is 1. The molecule has 0 saturated heterocycles.